The third-order valence-electron chi connectivity index (χ3n) is 4.91. The summed E-state index contributed by atoms with van der Waals surface area (Å²) in [5, 5.41) is 3.23. The minimum absolute atomic E-state index is 0.181. The molecule has 3 aromatic rings. The lowest BCUT2D eigenvalue weighted by atomic mass is 9.99. The number of ether oxygens (including phenoxy) is 1. The van der Waals surface area contributed by atoms with Crippen LogP contribution >= 0.6 is 0 Å². The van der Waals surface area contributed by atoms with E-state index in [1.54, 1.807) is 6.07 Å². The predicted octanol–water partition coefficient (Wildman–Crippen LogP) is 5.24. The van der Waals surface area contributed by atoms with E-state index >= 15 is 0 Å². The summed E-state index contributed by atoms with van der Waals surface area (Å²) >= 11 is 0. The van der Waals surface area contributed by atoms with Gasteiger partial charge in [0.05, 0.1) is 0 Å². The number of nitrogens with one attached hydrogen (secondary N) is 1. The number of anilines is 3. The van der Waals surface area contributed by atoms with Crippen molar-refractivity contribution in [1.29, 1.82) is 0 Å². The molecule has 0 bridgehead atoms. The molecule has 1 aliphatic heterocycles. The van der Waals surface area contributed by atoms with E-state index in [9.17, 15) is 13.2 Å². The number of hydrogen-bond acceptors (Lipinski definition) is 5. The van der Waals surface area contributed by atoms with Gasteiger partial charge in [0.25, 0.3) is 0 Å². The average molecular weight is 414 g/mol. The Balaban J connectivity index is 1.55. The largest absolute Gasteiger partial charge is 0.573 e. The Labute approximate surface area is 172 Å². The Kier molecular flexibility index (Phi) is 5.48. The standard InChI is InChI=1S/C22H21F3N4O/c1-2-17-13-20(28-21(26-17)27-18-6-4-3-5-7-18)29-11-10-15-12-19(30-22(23,24)25)9-8-16(15)14-29/h3-9,12-13H,2,10-11,14H2,1H3,(H,26,27,28). The van der Waals surface area contributed by atoms with E-state index in [1.807, 2.05) is 43.3 Å². The summed E-state index contributed by atoms with van der Waals surface area (Å²) in [7, 11) is 0. The lowest BCUT2D eigenvalue weighted by molar-refractivity contribution is -0.274. The van der Waals surface area contributed by atoms with Crippen LogP contribution < -0.4 is 15.0 Å². The summed E-state index contributed by atoms with van der Waals surface area (Å²) in [6.45, 7) is 3.24. The number of halogens is 3. The third kappa shape index (κ3) is 4.82. The fourth-order valence-electron chi connectivity index (χ4n) is 3.45. The molecule has 1 aromatic heterocycles. The zero-order valence-corrected chi connectivity index (χ0v) is 16.4. The second kappa shape index (κ2) is 8.22. The summed E-state index contributed by atoms with van der Waals surface area (Å²) in [5.74, 6) is 1.14. The lowest BCUT2D eigenvalue weighted by Gasteiger charge is -2.30. The number of aryl methyl sites for hydroxylation is 1. The molecule has 1 aliphatic rings. The molecule has 0 amide bonds. The van der Waals surface area contributed by atoms with Crippen LogP contribution in [0.15, 0.2) is 54.6 Å². The van der Waals surface area contributed by atoms with Crippen molar-refractivity contribution < 1.29 is 17.9 Å². The van der Waals surface area contributed by atoms with E-state index in [-0.39, 0.29) is 5.75 Å². The molecule has 5 nitrogen and oxygen atoms in total. The topological polar surface area (TPSA) is 50.3 Å². The minimum atomic E-state index is -4.69. The summed E-state index contributed by atoms with van der Waals surface area (Å²) < 4.78 is 41.5. The fraction of sp³-hybridized carbons (Fsp3) is 0.273. The van der Waals surface area contributed by atoms with Crippen LogP contribution in [0, 0.1) is 0 Å². The summed E-state index contributed by atoms with van der Waals surface area (Å²) in [5.41, 5.74) is 3.64. The Hall–Kier alpha value is -3.29. The zero-order valence-electron chi connectivity index (χ0n) is 16.4. The zero-order chi connectivity index (χ0) is 21.1. The molecule has 2 heterocycles. The summed E-state index contributed by atoms with van der Waals surface area (Å²) in [6.07, 6.45) is -3.31. The molecular formula is C22H21F3N4O. The van der Waals surface area contributed by atoms with E-state index < -0.39 is 6.36 Å². The van der Waals surface area contributed by atoms with Crippen LogP contribution in [0.2, 0.25) is 0 Å². The molecule has 0 saturated carbocycles. The fourth-order valence-corrected chi connectivity index (χ4v) is 3.45. The number of benzene rings is 2. The van der Waals surface area contributed by atoms with E-state index in [1.165, 1.54) is 12.1 Å². The monoisotopic (exact) mass is 414 g/mol. The number of fused-ring (bicyclic) bond motifs is 1. The van der Waals surface area contributed by atoms with Crippen LogP contribution in [0.3, 0.4) is 0 Å². The first kappa shape index (κ1) is 20.0. The van der Waals surface area contributed by atoms with Gasteiger partial charge in [-0.05, 0) is 48.2 Å². The second-order valence-electron chi connectivity index (χ2n) is 7.04. The Morgan fingerprint density at radius 3 is 2.57 bits per heavy atom. The molecule has 0 aliphatic carbocycles. The van der Waals surface area contributed by atoms with Gasteiger partial charge in [0, 0.05) is 30.5 Å². The normalized spacial score (nSPS) is 13.7. The van der Waals surface area contributed by atoms with Crippen molar-refractivity contribution in [1.82, 2.24) is 9.97 Å². The maximum atomic E-state index is 12.5. The maximum absolute atomic E-state index is 12.5. The van der Waals surface area contributed by atoms with Gasteiger partial charge < -0.3 is 15.0 Å². The number of rotatable bonds is 5. The number of alkyl halides is 3. The number of hydrogen-bond donors (Lipinski definition) is 1. The molecule has 8 heteroatoms. The van der Waals surface area contributed by atoms with Gasteiger partial charge >= 0.3 is 6.36 Å². The highest BCUT2D eigenvalue weighted by Gasteiger charge is 2.31. The summed E-state index contributed by atoms with van der Waals surface area (Å²) in [4.78, 5) is 11.3. The first-order valence-electron chi connectivity index (χ1n) is 9.72. The van der Waals surface area contributed by atoms with Crippen molar-refractivity contribution >= 4 is 17.5 Å². The SMILES string of the molecule is CCc1cc(N2CCc3cc(OC(F)(F)F)ccc3C2)nc(Nc2ccccc2)n1. The van der Waals surface area contributed by atoms with Crippen molar-refractivity contribution in [2.45, 2.75) is 32.7 Å². The highest BCUT2D eigenvalue weighted by atomic mass is 19.4. The van der Waals surface area contributed by atoms with E-state index in [4.69, 9.17) is 0 Å². The van der Waals surface area contributed by atoms with Crippen LogP contribution in [0.5, 0.6) is 5.75 Å². The third-order valence-corrected chi connectivity index (χ3v) is 4.91. The Morgan fingerprint density at radius 2 is 1.83 bits per heavy atom. The van der Waals surface area contributed by atoms with Gasteiger partial charge in [-0.3, -0.25) is 0 Å². The van der Waals surface area contributed by atoms with E-state index in [0.717, 1.165) is 34.7 Å². The highest BCUT2D eigenvalue weighted by Crippen LogP contribution is 2.30. The van der Waals surface area contributed by atoms with Crippen molar-refractivity contribution in [3.63, 3.8) is 0 Å². The number of para-hydroxylation sites is 1. The first-order valence-corrected chi connectivity index (χ1v) is 9.72. The van der Waals surface area contributed by atoms with Gasteiger partial charge in [-0.15, -0.1) is 13.2 Å². The number of aromatic nitrogens is 2. The summed E-state index contributed by atoms with van der Waals surface area (Å²) in [6, 6.07) is 16.2. The lowest BCUT2D eigenvalue weighted by Crippen LogP contribution is -2.31. The van der Waals surface area contributed by atoms with E-state index in [0.29, 0.717) is 25.5 Å². The van der Waals surface area contributed by atoms with Gasteiger partial charge in [-0.2, -0.15) is 4.98 Å². The molecule has 2 aromatic carbocycles. The van der Waals surface area contributed by atoms with Crippen LogP contribution in [0.1, 0.15) is 23.7 Å². The van der Waals surface area contributed by atoms with Gasteiger partial charge in [-0.1, -0.05) is 31.2 Å². The highest BCUT2D eigenvalue weighted by molar-refractivity contribution is 5.56. The molecule has 0 spiro atoms. The molecule has 0 fully saturated rings. The van der Waals surface area contributed by atoms with Gasteiger partial charge in [0.1, 0.15) is 11.6 Å². The Bertz CT molecular complexity index is 1020. The van der Waals surface area contributed by atoms with Crippen molar-refractivity contribution in [2.75, 3.05) is 16.8 Å². The molecule has 156 valence electrons. The first-order chi connectivity index (χ1) is 14.4. The van der Waals surface area contributed by atoms with Crippen molar-refractivity contribution in [2.24, 2.45) is 0 Å². The number of nitrogens with zero attached hydrogens (tertiary/aromatic N) is 3. The smallest absolute Gasteiger partial charge is 0.406 e. The second-order valence-corrected chi connectivity index (χ2v) is 7.04. The minimum Gasteiger partial charge on any atom is -0.406 e. The molecule has 0 atom stereocenters. The predicted molar refractivity (Wildman–Crippen MR) is 109 cm³/mol. The van der Waals surface area contributed by atoms with Crippen LogP contribution in [-0.2, 0) is 19.4 Å². The molecular weight excluding hydrogens is 393 g/mol. The molecule has 30 heavy (non-hydrogen) atoms. The average Bonchev–Trinajstić information content (AvgIpc) is 2.72. The van der Waals surface area contributed by atoms with Crippen molar-refractivity contribution in [3.05, 3.63) is 71.4 Å². The van der Waals surface area contributed by atoms with Crippen LogP contribution in [0.4, 0.5) is 30.6 Å². The molecule has 0 saturated heterocycles. The Morgan fingerprint density at radius 1 is 1.03 bits per heavy atom. The quantitative estimate of drug-likeness (QED) is 0.619. The van der Waals surface area contributed by atoms with Gasteiger partial charge in [-0.25, -0.2) is 4.98 Å². The van der Waals surface area contributed by atoms with E-state index in [2.05, 4.69) is 24.9 Å². The molecule has 0 unspecified atom stereocenters. The molecule has 4 rings (SSSR count). The molecule has 1 N–H and O–H groups in total. The maximum Gasteiger partial charge on any atom is 0.573 e. The van der Waals surface area contributed by atoms with Crippen molar-refractivity contribution in [3.8, 4) is 5.75 Å². The van der Waals surface area contributed by atoms with Gasteiger partial charge in [0.2, 0.25) is 5.95 Å². The van der Waals surface area contributed by atoms with Gasteiger partial charge in [0.15, 0.2) is 0 Å². The molecule has 0 radical (unpaired) electrons. The van der Waals surface area contributed by atoms with Crippen LogP contribution in [0.25, 0.3) is 0 Å². The van der Waals surface area contributed by atoms with Crippen LogP contribution in [-0.4, -0.2) is 22.9 Å².